The lowest BCUT2D eigenvalue weighted by Crippen LogP contribution is -2.17. The van der Waals surface area contributed by atoms with Crippen molar-refractivity contribution in [3.63, 3.8) is 0 Å². The molecule has 1 N–H and O–H groups in total. The highest BCUT2D eigenvalue weighted by Gasteiger charge is 2.28. The minimum absolute atomic E-state index is 0.128. The van der Waals surface area contributed by atoms with Crippen LogP contribution in [0, 0.1) is 0 Å². The molecule has 0 saturated carbocycles. The smallest absolute Gasteiger partial charge is 0.341 e. The van der Waals surface area contributed by atoms with E-state index in [2.05, 4.69) is 22.1 Å². The Kier molecular flexibility index (Phi) is 8.25. The van der Waals surface area contributed by atoms with Crippen molar-refractivity contribution in [2.24, 2.45) is 0 Å². The van der Waals surface area contributed by atoms with Crippen LogP contribution in [-0.4, -0.2) is 45.6 Å². The van der Waals surface area contributed by atoms with Gasteiger partial charge in [-0.3, -0.25) is 9.36 Å². The molecule has 0 radical (unpaired) electrons. The number of hydrogen-bond donors (Lipinski definition) is 1. The lowest BCUT2D eigenvalue weighted by molar-refractivity contribution is -0.113. The molecule has 0 atom stereocenters. The Bertz CT molecular complexity index is 1220. The molecule has 2 heterocycles. The summed E-state index contributed by atoms with van der Waals surface area (Å²) in [7, 11) is 0. The molecule has 184 valence electrons. The van der Waals surface area contributed by atoms with E-state index in [1.807, 2.05) is 35.8 Å². The van der Waals surface area contributed by atoms with Gasteiger partial charge in [0.05, 0.1) is 24.5 Å². The van der Waals surface area contributed by atoms with E-state index in [1.165, 1.54) is 23.1 Å². The Morgan fingerprint density at radius 2 is 2.00 bits per heavy atom. The Hall–Kier alpha value is -3.11. The van der Waals surface area contributed by atoms with Crippen LogP contribution >= 0.6 is 23.1 Å². The highest BCUT2D eigenvalue weighted by Crippen LogP contribution is 2.39. The van der Waals surface area contributed by atoms with Crippen LogP contribution in [0.25, 0.3) is 11.4 Å². The third-order valence-electron chi connectivity index (χ3n) is 5.44. The molecular weight excluding hydrogens is 484 g/mol. The topological polar surface area (TPSA) is 95.3 Å². The Balaban J connectivity index is 1.47. The second kappa shape index (κ2) is 11.5. The van der Waals surface area contributed by atoms with E-state index in [0.29, 0.717) is 41.3 Å². The second-order valence-corrected chi connectivity index (χ2v) is 9.83. The molecule has 8 nitrogen and oxygen atoms in total. The largest absolute Gasteiger partial charge is 0.494 e. The summed E-state index contributed by atoms with van der Waals surface area (Å²) in [4.78, 5) is 26.5. The molecule has 35 heavy (non-hydrogen) atoms. The van der Waals surface area contributed by atoms with Gasteiger partial charge in [-0.05, 0) is 62.9 Å². The molecule has 1 aromatic carbocycles. The number of fused-ring (bicyclic) bond motifs is 1. The van der Waals surface area contributed by atoms with Gasteiger partial charge >= 0.3 is 5.97 Å². The number of aryl methyl sites for hydroxylation is 1. The predicted molar refractivity (Wildman–Crippen MR) is 138 cm³/mol. The Morgan fingerprint density at radius 1 is 1.20 bits per heavy atom. The van der Waals surface area contributed by atoms with Gasteiger partial charge < -0.3 is 14.8 Å². The fourth-order valence-corrected chi connectivity index (χ4v) is 6.02. The summed E-state index contributed by atoms with van der Waals surface area (Å²) in [5.41, 5.74) is 2.42. The van der Waals surface area contributed by atoms with E-state index in [4.69, 9.17) is 9.47 Å². The highest BCUT2D eigenvalue weighted by atomic mass is 32.2. The van der Waals surface area contributed by atoms with Crippen LogP contribution in [0.5, 0.6) is 5.75 Å². The molecule has 0 spiro atoms. The predicted octanol–water partition coefficient (Wildman–Crippen LogP) is 4.99. The van der Waals surface area contributed by atoms with Crippen molar-refractivity contribution in [3.8, 4) is 17.1 Å². The van der Waals surface area contributed by atoms with Crippen molar-refractivity contribution in [1.29, 1.82) is 0 Å². The quantitative estimate of drug-likeness (QED) is 0.220. The maximum absolute atomic E-state index is 12.8. The number of benzene rings is 1. The normalized spacial score (nSPS) is 12.3. The molecule has 0 bridgehead atoms. The lowest BCUT2D eigenvalue weighted by Gasteiger charge is -2.09. The van der Waals surface area contributed by atoms with E-state index in [1.54, 1.807) is 13.0 Å². The number of esters is 1. The number of rotatable bonds is 11. The minimum Gasteiger partial charge on any atom is -0.494 e. The second-order valence-electron chi connectivity index (χ2n) is 7.78. The van der Waals surface area contributed by atoms with E-state index in [0.717, 1.165) is 41.0 Å². The van der Waals surface area contributed by atoms with E-state index < -0.39 is 0 Å². The molecule has 2 aromatic heterocycles. The molecule has 0 fully saturated rings. The Labute approximate surface area is 212 Å². The number of anilines is 1. The molecule has 1 aliphatic carbocycles. The standard InChI is InChI=1S/C25H28N4O4S2/c1-4-14-29-22(16-10-12-17(13-11-16)32-5-2)27-28-25(29)34-15-20(30)26-23-21(24(31)33-6-3)18-8-7-9-19(18)35-23/h4,10-13H,1,5-9,14-15H2,2-3H3,(H,26,30). The first-order chi connectivity index (χ1) is 17.0. The van der Waals surface area contributed by atoms with Gasteiger partial charge in [0.15, 0.2) is 11.0 Å². The number of nitrogens with one attached hydrogen (secondary N) is 1. The van der Waals surface area contributed by atoms with E-state index in [-0.39, 0.29) is 17.6 Å². The SMILES string of the molecule is C=CCn1c(SCC(=O)Nc2sc3c(c2C(=O)OCC)CCC3)nnc1-c1ccc(OCC)cc1. The molecule has 1 amide bonds. The fourth-order valence-electron chi connectivity index (χ4n) is 3.97. The Morgan fingerprint density at radius 3 is 2.71 bits per heavy atom. The van der Waals surface area contributed by atoms with E-state index >= 15 is 0 Å². The summed E-state index contributed by atoms with van der Waals surface area (Å²) in [5.74, 6) is 1.02. The molecule has 10 heteroatoms. The molecular formula is C25H28N4O4S2. The van der Waals surface area contributed by atoms with Crippen LogP contribution in [0.3, 0.4) is 0 Å². The molecule has 0 unspecified atom stereocenters. The number of ether oxygens (including phenoxy) is 2. The monoisotopic (exact) mass is 512 g/mol. The molecule has 0 aliphatic heterocycles. The summed E-state index contributed by atoms with van der Waals surface area (Å²) in [6.07, 6.45) is 4.55. The van der Waals surface area contributed by atoms with Crippen molar-refractivity contribution in [1.82, 2.24) is 14.8 Å². The number of nitrogens with zero attached hydrogens (tertiary/aromatic N) is 3. The molecule has 0 saturated heterocycles. The number of thioether (sulfide) groups is 1. The van der Waals surface area contributed by atoms with Crippen molar-refractivity contribution in [2.75, 3.05) is 24.3 Å². The average molecular weight is 513 g/mol. The first-order valence-corrected chi connectivity index (χ1v) is 13.4. The summed E-state index contributed by atoms with van der Waals surface area (Å²) in [5, 5.41) is 12.8. The molecule has 1 aliphatic rings. The van der Waals surface area contributed by atoms with Gasteiger partial charge in [-0.1, -0.05) is 17.8 Å². The van der Waals surface area contributed by atoms with Gasteiger partial charge in [0.25, 0.3) is 0 Å². The summed E-state index contributed by atoms with van der Waals surface area (Å²) >= 11 is 2.76. The fraction of sp³-hybridized carbons (Fsp3) is 0.360. The number of aromatic nitrogens is 3. The van der Waals surface area contributed by atoms with Crippen LogP contribution in [-0.2, 0) is 28.9 Å². The molecule has 4 rings (SSSR count). The third kappa shape index (κ3) is 5.59. The zero-order chi connectivity index (χ0) is 24.8. The van der Waals surface area contributed by atoms with Crippen molar-refractivity contribution >= 4 is 40.0 Å². The number of thiophene rings is 1. The summed E-state index contributed by atoms with van der Waals surface area (Å²) in [6, 6.07) is 7.66. The van der Waals surface area contributed by atoms with Crippen LogP contribution < -0.4 is 10.1 Å². The summed E-state index contributed by atoms with van der Waals surface area (Å²) in [6.45, 7) is 8.96. The van der Waals surface area contributed by atoms with Crippen molar-refractivity contribution in [2.45, 2.75) is 44.8 Å². The van der Waals surface area contributed by atoms with Gasteiger partial charge in [-0.2, -0.15) is 0 Å². The van der Waals surface area contributed by atoms with Crippen LogP contribution in [0.4, 0.5) is 5.00 Å². The first kappa shape index (κ1) is 25.0. The maximum Gasteiger partial charge on any atom is 0.341 e. The zero-order valence-electron chi connectivity index (χ0n) is 19.8. The van der Waals surface area contributed by atoms with Gasteiger partial charge in [0.2, 0.25) is 5.91 Å². The van der Waals surface area contributed by atoms with Gasteiger partial charge in [0, 0.05) is 17.0 Å². The number of allylic oxidation sites excluding steroid dienone is 1. The van der Waals surface area contributed by atoms with Gasteiger partial charge in [-0.15, -0.1) is 28.1 Å². The zero-order valence-corrected chi connectivity index (χ0v) is 21.5. The van der Waals surface area contributed by atoms with Crippen molar-refractivity contribution < 1.29 is 19.1 Å². The van der Waals surface area contributed by atoms with Gasteiger partial charge in [0.1, 0.15) is 10.8 Å². The highest BCUT2D eigenvalue weighted by molar-refractivity contribution is 7.99. The van der Waals surface area contributed by atoms with Crippen LogP contribution in [0.2, 0.25) is 0 Å². The lowest BCUT2D eigenvalue weighted by atomic mass is 10.1. The minimum atomic E-state index is -0.374. The number of amides is 1. The first-order valence-electron chi connectivity index (χ1n) is 11.6. The van der Waals surface area contributed by atoms with Crippen molar-refractivity contribution in [3.05, 3.63) is 52.9 Å². The molecule has 3 aromatic rings. The van der Waals surface area contributed by atoms with E-state index in [9.17, 15) is 9.59 Å². The summed E-state index contributed by atoms with van der Waals surface area (Å²) < 4.78 is 12.7. The maximum atomic E-state index is 12.8. The number of carbonyl (C=O) groups is 2. The van der Waals surface area contributed by atoms with Gasteiger partial charge in [-0.25, -0.2) is 4.79 Å². The van der Waals surface area contributed by atoms with Crippen LogP contribution in [0.1, 0.15) is 41.1 Å². The van der Waals surface area contributed by atoms with Crippen LogP contribution in [0.15, 0.2) is 42.1 Å². The third-order valence-corrected chi connectivity index (χ3v) is 7.61. The number of carbonyl (C=O) groups excluding carboxylic acids is 2. The average Bonchev–Trinajstić information content (AvgIpc) is 3.54. The number of hydrogen-bond acceptors (Lipinski definition) is 8.